The molecule has 0 bridgehead atoms. The molecule has 1 saturated heterocycles. The van der Waals surface area contributed by atoms with Gasteiger partial charge in [0.2, 0.25) is 0 Å². The number of hydrogen-bond acceptors (Lipinski definition) is 5. The Morgan fingerprint density at radius 2 is 2.00 bits per heavy atom. The lowest BCUT2D eigenvalue weighted by molar-refractivity contribution is 0.120. The summed E-state index contributed by atoms with van der Waals surface area (Å²) < 4.78 is 1.97. The second kappa shape index (κ2) is 8.95. The number of pyridine rings is 1. The van der Waals surface area contributed by atoms with Gasteiger partial charge in [0, 0.05) is 51.5 Å². The van der Waals surface area contributed by atoms with Gasteiger partial charge < -0.3 is 15.5 Å². The van der Waals surface area contributed by atoms with Crippen LogP contribution >= 0.6 is 0 Å². The van der Waals surface area contributed by atoms with Crippen molar-refractivity contribution in [2.45, 2.75) is 26.4 Å². The summed E-state index contributed by atoms with van der Waals surface area (Å²) in [7, 11) is 2.18. The summed E-state index contributed by atoms with van der Waals surface area (Å²) in [4.78, 5) is 9.59. The molecule has 0 saturated carbocycles. The number of fused-ring (bicyclic) bond motifs is 1. The van der Waals surface area contributed by atoms with Crippen molar-refractivity contribution < 1.29 is 0 Å². The first-order chi connectivity index (χ1) is 12.7. The minimum atomic E-state index is 0.474. The predicted octanol–water partition coefficient (Wildman–Crippen LogP) is 0.420. The Morgan fingerprint density at radius 3 is 2.77 bits per heavy atom. The van der Waals surface area contributed by atoms with E-state index in [-0.39, 0.29) is 0 Å². The molecule has 2 N–H and O–H groups in total. The van der Waals surface area contributed by atoms with Gasteiger partial charge in [-0.2, -0.15) is 0 Å². The standard InChI is InChI=1S/C18H30N8/c1-4-19-18(20-13-15(2)25-11-9-24(3)10-12-25)21-14-17-23-22-16-7-5-6-8-26(16)17/h5-8,15H,4,9-14H2,1-3H3,(H2,19,20,21). The summed E-state index contributed by atoms with van der Waals surface area (Å²) in [5.41, 5.74) is 0.847. The van der Waals surface area contributed by atoms with Crippen molar-refractivity contribution in [3.8, 4) is 0 Å². The van der Waals surface area contributed by atoms with Crippen molar-refractivity contribution in [2.75, 3.05) is 46.3 Å². The number of hydrogen-bond donors (Lipinski definition) is 2. The summed E-state index contributed by atoms with van der Waals surface area (Å²) in [5, 5.41) is 15.2. The van der Waals surface area contributed by atoms with Gasteiger partial charge in [0.15, 0.2) is 17.4 Å². The van der Waals surface area contributed by atoms with Gasteiger partial charge in [0.1, 0.15) is 6.54 Å². The molecular formula is C18H30N8. The molecule has 1 unspecified atom stereocenters. The van der Waals surface area contributed by atoms with Gasteiger partial charge in [-0.1, -0.05) is 6.07 Å². The molecule has 1 fully saturated rings. The maximum atomic E-state index is 4.68. The van der Waals surface area contributed by atoms with E-state index in [9.17, 15) is 0 Å². The van der Waals surface area contributed by atoms with Gasteiger partial charge in [-0.15, -0.1) is 10.2 Å². The molecule has 142 valence electrons. The van der Waals surface area contributed by atoms with Gasteiger partial charge in [-0.05, 0) is 33.0 Å². The molecule has 1 atom stereocenters. The van der Waals surface area contributed by atoms with Crippen LogP contribution in [0, 0.1) is 0 Å². The topological polar surface area (TPSA) is 73.1 Å². The molecular weight excluding hydrogens is 328 g/mol. The van der Waals surface area contributed by atoms with E-state index in [1.54, 1.807) is 0 Å². The highest BCUT2D eigenvalue weighted by molar-refractivity contribution is 5.79. The lowest BCUT2D eigenvalue weighted by Crippen LogP contribution is -2.52. The first kappa shape index (κ1) is 18.6. The molecule has 0 radical (unpaired) electrons. The van der Waals surface area contributed by atoms with Gasteiger partial charge in [0.05, 0.1) is 0 Å². The minimum Gasteiger partial charge on any atom is -0.357 e. The van der Waals surface area contributed by atoms with Crippen LogP contribution in [0.5, 0.6) is 0 Å². The molecule has 26 heavy (non-hydrogen) atoms. The number of piperazine rings is 1. The molecule has 8 nitrogen and oxygen atoms in total. The maximum absolute atomic E-state index is 4.68. The average Bonchev–Trinajstić information content (AvgIpc) is 3.07. The molecule has 2 aromatic rings. The van der Waals surface area contributed by atoms with Gasteiger partial charge >= 0.3 is 0 Å². The second-order valence-corrected chi connectivity index (χ2v) is 6.81. The molecule has 2 aromatic heterocycles. The molecule has 1 aliphatic heterocycles. The third-order valence-electron chi connectivity index (χ3n) is 4.83. The summed E-state index contributed by atoms with van der Waals surface area (Å²) >= 11 is 0. The van der Waals surface area contributed by atoms with Crippen LogP contribution in [-0.2, 0) is 6.54 Å². The Bertz CT molecular complexity index is 717. The van der Waals surface area contributed by atoms with Gasteiger partial charge in [0.25, 0.3) is 0 Å². The normalized spacial score (nSPS) is 18.2. The molecule has 0 aromatic carbocycles. The Morgan fingerprint density at radius 1 is 1.19 bits per heavy atom. The SMILES string of the molecule is CCNC(=NCc1nnc2ccccn12)NCC(C)N1CCN(C)CC1. The van der Waals surface area contributed by atoms with E-state index < -0.39 is 0 Å². The average molecular weight is 358 g/mol. The van der Waals surface area contributed by atoms with Crippen LogP contribution in [0.4, 0.5) is 0 Å². The lowest BCUT2D eigenvalue weighted by Gasteiger charge is -2.36. The Balaban J connectivity index is 1.57. The quantitative estimate of drug-likeness (QED) is 0.576. The Labute approximate surface area is 155 Å². The molecule has 3 heterocycles. The van der Waals surface area contributed by atoms with Crippen LogP contribution in [0.1, 0.15) is 19.7 Å². The zero-order chi connectivity index (χ0) is 18.4. The summed E-state index contributed by atoms with van der Waals surface area (Å²) in [6, 6.07) is 6.36. The predicted molar refractivity (Wildman–Crippen MR) is 104 cm³/mol. The molecule has 1 aliphatic rings. The maximum Gasteiger partial charge on any atom is 0.191 e. The van der Waals surface area contributed by atoms with Crippen molar-refractivity contribution in [1.82, 2.24) is 35.0 Å². The summed E-state index contributed by atoms with van der Waals surface area (Å²) in [6.45, 7) is 11.1. The highest BCUT2D eigenvalue weighted by atomic mass is 15.3. The first-order valence-corrected chi connectivity index (χ1v) is 9.40. The Kier molecular flexibility index (Phi) is 6.40. The lowest BCUT2D eigenvalue weighted by atomic mass is 10.2. The Hall–Kier alpha value is -2.19. The van der Waals surface area contributed by atoms with Crippen molar-refractivity contribution in [2.24, 2.45) is 4.99 Å². The third kappa shape index (κ3) is 4.70. The van der Waals surface area contributed by atoms with Crippen LogP contribution in [0.25, 0.3) is 5.65 Å². The molecule has 0 amide bonds. The number of nitrogens with one attached hydrogen (secondary N) is 2. The van der Waals surface area contributed by atoms with E-state index in [1.807, 2.05) is 28.8 Å². The number of guanidine groups is 1. The highest BCUT2D eigenvalue weighted by Crippen LogP contribution is 2.05. The fourth-order valence-corrected chi connectivity index (χ4v) is 3.13. The van der Waals surface area contributed by atoms with E-state index in [2.05, 4.69) is 56.5 Å². The van der Waals surface area contributed by atoms with Crippen molar-refractivity contribution in [3.63, 3.8) is 0 Å². The number of aliphatic imine (C=N–C) groups is 1. The zero-order valence-electron chi connectivity index (χ0n) is 16.0. The molecule has 0 spiro atoms. The van der Waals surface area contributed by atoms with E-state index in [0.29, 0.717) is 12.6 Å². The van der Waals surface area contributed by atoms with Crippen LogP contribution < -0.4 is 10.6 Å². The van der Waals surface area contributed by atoms with E-state index in [4.69, 9.17) is 0 Å². The van der Waals surface area contributed by atoms with Crippen molar-refractivity contribution >= 4 is 11.6 Å². The number of nitrogens with zero attached hydrogens (tertiary/aromatic N) is 6. The highest BCUT2D eigenvalue weighted by Gasteiger charge is 2.19. The minimum absolute atomic E-state index is 0.474. The monoisotopic (exact) mass is 358 g/mol. The number of rotatable bonds is 6. The van der Waals surface area contributed by atoms with E-state index in [1.165, 1.54) is 0 Å². The molecule has 8 heteroatoms. The van der Waals surface area contributed by atoms with Gasteiger partial charge in [-0.25, -0.2) is 4.99 Å². The van der Waals surface area contributed by atoms with E-state index >= 15 is 0 Å². The largest absolute Gasteiger partial charge is 0.357 e. The fraction of sp³-hybridized carbons (Fsp3) is 0.611. The van der Waals surface area contributed by atoms with Crippen LogP contribution in [0.2, 0.25) is 0 Å². The number of likely N-dealkylation sites (N-methyl/N-ethyl adjacent to an activating group) is 1. The van der Waals surface area contributed by atoms with Crippen LogP contribution in [-0.4, -0.2) is 82.7 Å². The van der Waals surface area contributed by atoms with E-state index in [0.717, 1.165) is 56.7 Å². The fourth-order valence-electron chi connectivity index (χ4n) is 3.13. The molecule has 0 aliphatic carbocycles. The van der Waals surface area contributed by atoms with Crippen molar-refractivity contribution in [1.29, 1.82) is 0 Å². The van der Waals surface area contributed by atoms with Crippen LogP contribution in [0.15, 0.2) is 29.4 Å². The smallest absolute Gasteiger partial charge is 0.191 e. The summed E-state index contributed by atoms with van der Waals surface area (Å²) in [5.74, 6) is 1.66. The molecule has 3 rings (SSSR count). The van der Waals surface area contributed by atoms with Gasteiger partial charge in [-0.3, -0.25) is 9.30 Å². The summed E-state index contributed by atoms with van der Waals surface area (Å²) in [6.07, 6.45) is 1.97. The van der Waals surface area contributed by atoms with Crippen molar-refractivity contribution in [3.05, 3.63) is 30.2 Å². The van der Waals surface area contributed by atoms with Crippen LogP contribution in [0.3, 0.4) is 0 Å². The number of aromatic nitrogens is 3. The second-order valence-electron chi connectivity index (χ2n) is 6.81. The third-order valence-corrected chi connectivity index (χ3v) is 4.83. The first-order valence-electron chi connectivity index (χ1n) is 9.40. The zero-order valence-corrected chi connectivity index (χ0v) is 16.0.